The van der Waals surface area contributed by atoms with Gasteiger partial charge in [-0.3, -0.25) is 4.79 Å². The van der Waals surface area contributed by atoms with Crippen molar-refractivity contribution >= 4 is 17.2 Å². The number of hydrogen-bond donors (Lipinski definition) is 2. The molecule has 0 aromatic carbocycles. The number of thiazole rings is 1. The van der Waals surface area contributed by atoms with Crippen molar-refractivity contribution in [3.63, 3.8) is 0 Å². The molecule has 0 saturated heterocycles. The van der Waals surface area contributed by atoms with Gasteiger partial charge in [0.05, 0.1) is 29.8 Å². The number of aromatic nitrogens is 1. The molecule has 1 aromatic rings. The molecular formula is C12H18N2O2S. The Bertz CT molecular complexity index is 359. The summed E-state index contributed by atoms with van der Waals surface area (Å²) in [5.41, 5.74) is 1.85. The van der Waals surface area contributed by atoms with Gasteiger partial charge in [-0.25, -0.2) is 4.98 Å². The Morgan fingerprint density at radius 1 is 1.47 bits per heavy atom. The van der Waals surface area contributed by atoms with Crippen LogP contribution in [0, 0.1) is 0 Å². The maximum absolute atomic E-state index is 11.7. The first-order valence-electron chi connectivity index (χ1n) is 6.04. The smallest absolute Gasteiger partial charge is 0.223 e. The van der Waals surface area contributed by atoms with Gasteiger partial charge < -0.3 is 10.4 Å². The topological polar surface area (TPSA) is 62.2 Å². The van der Waals surface area contributed by atoms with Crippen molar-refractivity contribution in [2.75, 3.05) is 0 Å². The maximum atomic E-state index is 11.7. The van der Waals surface area contributed by atoms with Crippen molar-refractivity contribution in [2.45, 2.75) is 50.7 Å². The van der Waals surface area contributed by atoms with Gasteiger partial charge in [-0.05, 0) is 12.8 Å². The number of aliphatic hydroxyl groups is 1. The molecule has 2 N–H and O–H groups in total. The predicted octanol–water partition coefficient (Wildman–Crippen LogP) is 1.84. The van der Waals surface area contributed by atoms with E-state index in [-0.39, 0.29) is 12.3 Å². The average Bonchev–Trinajstić information content (AvgIpc) is 2.79. The summed E-state index contributed by atoms with van der Waals surface area (Å²) in [7, 11) is 0. The van der Waals surface area contributed by atoms with Crippen LogP contribution in [-0.4, -0.2) is 21.6 Å². The van der Waals surface area contributed by atoms with Gasteiger partial charge in [0.2, 0.25) is 5.91 Å². The standard InChI is InChI=1S/C12H18N2O2S/c15-11(13-7-10-8-17-9-14-10)6-12(16)4-2-1-3-5-12/h8-9,16H,1-7H2,(H,13,15). The summed E-state index contributed by atoms with van der Waals surface area (Å²) < 4.78 is 0. The largest absolute Gasteiger partial charge is 0.389 e. The molecule has 0 unspecified atom stereocenters. The Balaban J connectivity index is 1.76. The lowest BCUT2D eigenvalue weighted by atomic mass is 9.82. The molecule has 1 aliphatic carbocycles. The highest BCUT2D eigenvalue weighted by molar-refractivity contribution is 7.07. The molecule has 0 aliphatic heterocycles. The highest BCUT2D eigenvalue weighted by Crippen LogP contribution is 2.30. The second-order valence-corrected chi connectivity index (χ2v) is 5.44. The molecule has 4 nitrogen and oxygen atoms in total. The summed E-state index contributed by atoms with van der Waals surface area (Å²) in [4.78, 5) is 15.8. The van der Waals surface area contributed by atoms with Crippen molar-refractivity contribution in [3.8, 4) is 0 Å². The molecule has 1 amide bonds. The van der Waals surface area contributed by atoms with Gasteiger partial charge in [0.15, 0.2) is 0 Å². The molecule has 1 fully saturated rings. The quantitative estimate of drug-likeness (QED) is 0.862. The molecule has 17 heavy (non-hydrogen) atoms. The van der Waals surface area contributed by atoms with Gasteiger partial charge >= 0.3 is 0 Å². The summed E-state index contributed by atoms with van der Waals surface area (Å²) in [6.45, 7) is 0.457. The maximum Gasteiger partial charge on any atom is 0.223 e. The van der Waals surface area contributed by atoms with E-state index in [9.17, 15) is 9.90 Å². The first-order valence-corrected chi connectivity index (χ1v) is 6.98. The number of rotatable bonds is 4. The molecule has 0 radical (unpaired) electrons. The van der Waals surface area contributed by atoms with Crippen molar-refractivity contribution in [3.05, 3.63) is 16.6 Å². The minimum atomic E-state index is -0.773. The molecule has 1 aliphatic rings. The van der Waals surface area contributed by atoms with Crippen LogP contribution in [0.3, 0.4) is 0 Å². The highest BCUT2D eigenvalue weighted by Gasteiger charge is 2.31. The monoisotopic (exact) mass is 254 g/mol. The number of carbonyl (C=O) groups is 1. The van der Waals surface area contributed by atoms with E-state index in [0.29, 0.717) is 6.54 Å². The zero-order valence-corrected chi connectivity index (χ0v) is 10.6. The van der Waals surface area contributed by atoms with Crippen molar-refractivity contribution in [2.24, 2.45) is 0 Å². The number of amides is 1. The second kappa shape index (κ2) is 5.60. The van der Waals surface area contributed by atoms with Crippen LogP contribution in [-0.2, 0) is 11.3 Å². The molecule has 5 heteroatoms. The van der Waals surface area contributed by atoms with E-state index in [1.165, 1.54) is 17.8 Å². The molecule has 1 aromatic heterocycles. The lowest BCUT2D eigenvalue weighted by Gasteiger charge is -2.31. The van der Waals surface area contributed by atoms with Crippen molar-refractivity contribution < 1.29 is 9.90 Å². The van der Waals surface area contributed by atoms with Crippen molar-refractivity contribution in [1.82, 2.24) is 10.3 Å². The zero-order valence-electron chi connectivity index (χ0n) is 9.82. The van der Waals surface area contributed by atoms with Crippen LogP contribution in [0.5, 0.6) is 0 Å². The fourth-order valence-electron chi connectivity index (χ4n) is 2.26. The molecule has 94 valence electrons. The lowest BCUT2D eigenvalue weighted by molar-refractivity contribution is -0.127. The zero-order chi connectivity index (χ0) is 12.1. The summed E-state index contributed by atoms with van der Waals surface area (Å²) in [6, 6.07) is 0. The fraction of sp³-hybridized carbons (Fsp3) is 0.667. The van der Waals surface area contributed by atoms with Crippen LogP contribution < -0.4 is 5.32 Å². The summed E-state index contributed by atoms with van der Waals surface area (Å²) in [6.07, 6.45) is 4.93. The normalized spacial score (nSPS) is 18.9. The van der Waals surface area contributed by atoms with Crippen LogP contribution in [0.15, 0.2) is 10.9 Å². The predicted molar refractivity (Wildman–Crippen MR) is 66.6 cm³/mol. The number of hydrogen-bond acceptors (Lipinski definition) is 4. The van der Waals surface area contributed by atoms with E-state index in [1.54, 1.807) is 5.51 Å². The molecule has 1 heterocycles. The number of nitrogens with one attached hydrogen (secondary N) is 1. The molecule has 2 rings (SSSR count). The molecular weight excluding hydrogens is 236 g/mol. The SMILES string of the molecule is O=C(CC1(O)CCCCC1)NCc1cscn1. The Morgan fingerprint density at radius 2 is 2.24 bits per heavy atom. The van der Waals surface area contributed by atoms with Crippen LogP contribution in [0.25, 0.3) is 0 Å². The number of carbonyl (C=O) groups excluding carboxylic acids is 1. The van der Waals surface area contributed by atoms with Gasteiger partial charge in [-0.15, -0.1) is 11.3 Å². The van der Waals surface area contributed by atoms with E-state index >= 15 is 0 Å². The molecule has 0 atom stereocenters. The van der Waals surface area contributed by atoms with E-state index < -0.39 is 5.60 Å². The Hall–Kier alpha value is -0.940. The van der Waals surface area contributed by atoms with Crippen LogP contribution in [0.1, 0.15) is 44.2 Å². The summed E-state index contributed by atoms with van der Waals surface area (Å²) >= 11 is 1.51. The minimum absolute atomic E-state index is 0.0811. The summed E-state index contributed by atoms with van der Waals surface area (Å²) in [5, 5.41) is 14.9. The second-order valence-electron chi connectivity index (χ2n) is 4.72. The molecule has 0 spiro atoms. The first kappa shape index (κ1) is 12.5. The third kappa shape index (κ3) is 3.78. The van der Waals surface area contributed by atoms with Gasteiger partial charge in [0.25, 0.3) is 0 Å². The van der Waals surface area contributed by atoms with E-state index in [2.05, 4.69) is 10.3 Å². The Morgan fingerprint density at radius 3 is 2.88 bits per heavy atom. The molecule has 0 bridgehead atoms. The lowest BCUT2D eigenvalue weighted by Crippen LogP contribution is -2.38. The van der Waals surface area contributed by atoms with Gasteiger partial charge in [0, 0.05) is 5.38 Å². The van der Waals surface area contributed by atoms with E-state index in [1.807, 2.05) is 5.38 Å². The molecule has 1 saturated carbocycles. The summed E-state index contributed by atoms with van der Waals surface area (Å²) in [5.74, 6) is -0.0811. The van der Waals surface area contributed by atoms with Crippen LogP contribution in [0.4, 0.5) is 0 Å². The van der Waals surface area contributed by atoms with Crippen LogP contribution >= 0.6 is 11.3 Å². The first-order chi connectivity index (χ1) is 8.18. The van der Waals surface area contributed by atoms with Crippen molar-refractivity contribution in [1.29, 1.82) is 0 Å². The number of nitrogens with zero attached hydrogens (tertiary/aromatic N) is 1. The van der Waals surface area contributed by atoms with E-state index in [0.717, 1.165) is 31.4 Å². The van der Waals surface area contributed by atoms with Crippen LogP contribution in [0.2, 0.25) is 0 Å². The fourth-order valence-corrected chi connectivity index (χ4v) is 2.82. The van der Waals surface area contributed by atoms with Gasteiger partial charge in [0.1, 0.15) is 0 Å². The van der Waals surface area contributed by atoms with Gasteiger partial charge in [-0.2, -0.15) is 0 Å². The Labute approximate surface area is 105 Å². The third-order valence-corrected chi connectivity index (χ3v) is 3.86. The minimum Gasteiger partial charge on any atom is -0.389 e. The van der Waals surface area contributed by atoms with Gasteiger partial charge in [-0.1, -0.05) is 19.3 Å². The average molecular weight is 254 g/mol. The highest BCUT2D eigenvalue weighted by atomic mass is 32.1. The Kier molecular flexibility index (Phi) is 4.12. The third-order valence-electron chi connectivity index (χ3n) is 3.22. The van der Waals surface area contributed by atoms with E-state index in [4.69, 9.17) is 0 Å².